The van der Waals surface area contributed by atoms with Crippen molar-refractivity contribution in [2.24, 2.45) is 0 Å². The Morgan fingerprint density at radius 1 is 1.44 bits per heavy atom. The molecule has 1 aromatic rings. The van der Waals surface area contributed by atoms with E-state index < -0.39 is 6.10 Å². The summed E-state index contributed by atoms with van der Waals surface area (Å²) in [6.45, 7) is 1.57. The highest BCUT2D eigenvalue weighted by atomic mass is 16.5. The number of rotatable bonds is 4. The maximum absolute atomic E-state index is 12.4. The van der Waals surface area contributed by atoms with Crippen molar-refractivity contribution in [3.8, 4) is 0 Å². The van der Waals surface area contributed by atoms with Gasteiger partial charge in [-0.05, 0) is 19.0 Å². The molecule has 1 heterocycles. The Morgan fingerprint density at radius 2 is 2.17 bits per heavy atom. The minimum atomic E-state index is -0.484. The zero-order chi connectivity index (χ0) is 13.0. The van der Waals surface area contributed by atoms with E-state index in [4.69, 9.17) is 4.74 Å². The maximum Gasteiger partial charge on any atom is 0.256 e. The van der Waals surface area contributed by atoms with Crippen LogP contribution >= 0.6 is 0 Å². The lowest BCUT2D eigenvalue weighted by Crippen LogP contribution is -2.36. The third kappa shape index (κ3) is 2.71. The number of hydrogen-bond donors (Lipinski definition) is 1. The molecule has 1 amide bonds. The van der Waals surface area contributed by atoms with Gasteiger partial charge in [0.05, 0.1) is 0 Å². The number of carbonyl (C=O) groups is 1. The van der Waals surface area contributed by atoms with Crippen molar-refractivity contribution in [2.75, 3.05) is 27.2 Å². The van der Waals surface area contributed by atoms with Crippen LogP contribution in [0.4, 0.5) is 0 Å². The summed E-state index contributed by atoms with van der Waals surface area (Å²) in [5.41, 5.74) is 0.915. The number of likely N-dealkylation sites (N-methyl/N-ethyl adjacent to an activating group) is 1. The summed E-state index contributed by atoms with van der Waals surface area (Å²) < 4.78 is 5.37. The van der Waals surface area contributed by atoms with Crippen LogP contribution in [0.1, 0.15) is 18.1 Å². The largest absolute Gasteiger partial charge is 0.367 e. The van der Waals surface area contributed by atoms with Gasteiger partial charge < -0.3 is 15.0 Å². The quantitative estimate of drug-likeness (QED) is 0.870. The Labute approximate surface area is 108 Å². The summed E-state index contributed by atoms with van der Waals surface area (Å²) in [5, 5.41) is 3.21. The van der Waals surface area contributed by atoms with Crippen molar-refractivity contribution in [3.63, 3.8) is 0 Å². The normalized spacial score (nSPS) is 21.0. The SMILES string of the molecule is CNC1CCN(C(=O)C(OC)c2ccccc2)C1. The van der Waals surface area contributed by atoms with Crippen LogP contribution in [0.15, 0.2) is 30.3 Å². The van der Waals surface area contributed by atoms with Gasteiger partial charge in [0, 0.05) is 26.2 Å². The molecule has 1 aliphatic rings. The Balaban J connectivity index is 2.07. The molecule has 1 fully saturated rings. The summed E-state index contributed by atoms with van der Waals surface area (Å²) >= 11 is 0. The van der Waals surface area contributed by atoms with E-state index in [0.717, 1.165) is 25.1 Å². The van der Waals surface area contributed by atoms with Gasteiger partial charge in [-0.3, -0.25) is 4.79 Å². The average Bonchev–Trinajstić information content (AvgIpc) is 2.89. The summed E-state index contributed by atoms with van der Waals surface area (Å²) in [7, 11) is 3.52. The lowest BCUT2D eigenvalue weighted by molar-refractivity contribution is -0.141. The smallest absolute Gasteiger partial charge is 0.256 e. The van der Waals surface area contributed by atoms with Crippen LogP contribution in [0.3, 0.4) is 0 Å². The van der Waals surface area contributed by atoms with Crippen molar-refractivity contribution < 1.29 is 9.53 Å². The Hall–Kier alpha value is -1.39. The zero-order valence-corrected chi connectivity index (χ0v) is 10.9. The van der Waals surface area contributed by atoms with Crippen molar-refractivity contribution in [1.29, 1.82) is 0 Å². The van der Waals surface area contributed by atoms with Crippen molar-refractivity contribution >= 4 is 5.91 Å². The van der Waals surface area contributed by atoms with Crippen LogP contribution in [-0.2, 0) is 9.53 Å². The van der Waals surface area contributed by atoms with E-state index in [-0.39, 0.29) is 5.91 Å². The molecule has 0 aromatic heterocycles. The maximum atomic E-state index is 12.4. The van der Waals surface area contributed by atoms with Crippen LogP contribution in [-0.4, -0.2) is 44.1 Å². The number of benzene rings is 1. The highest BCUT2D eigenvalue weighted by Gasteiger charge is 2.30. The highest BCUT2D eigenvalue weighted by Crippen LogP contribution is 2.21. The van der Waals surface area contributed by atoms with Gasteiger partial charge in [0.1, 0.15) is 0 Å². The van der Waals surface area contributed by atoms with E-state index in [2.05, 4.69) is 5.32 Å². The zero-order valence-electron chi connectivity index (χ0n) is 10.9. The van der Waals surface area contributed by atoms with Crippen molar-refractivity contribution in [1.82, 2.24) is 10.2 Å². The minimum Gasteiger partial charge on any atom is -0.367 e. The van der Waals surface area contributed by atoms with Crippen LogP contribution in [0.5, 0.6) is 0 Å². The van der Waals surface area contributed by atoms with Gasteiger partial charge in [0.2, 0.25) is 0 Å². The van der Waals surface area contributed by atoms with E-state index in [1.807, 2.05) is 42.3 Å². The second-order valence-corrected chi connectivity index (χ2v) is 4.58. The van der Waals surface area contributed by atoms with Crippen LogP contribution in [0.2, 0.25) is 0 Å². The molecule has 1 N–H and O–H groups in total. The van der Waals surface area contributed by atoms with E-state index in [9.17, 15) is 4.79 Å². The third-order valence-electron chi connectivity index (χ3n) is 3.47. The van der Waals surface area contributed by atoms with Gasteiger partial charge in [-0.15, -0.1) is 0 Å². The van der Waals surface area contributed by atoms with Gasteiger partial charge in [-0.25, -0.2) is 0 Å². The molecule has 18 heavy (non-hydrogen) atoms. The van der Waals surface area contributed by atoms with Gasteiger partial charge in [-0.2, -0.15) is 0 Å². The first-order chi connectivity index (χ1) is 8.76. The first-order valence-corrected chi connectivity index (χ1v) is 6.30. The van der Waals surface area contributed by atoms with Crippen LogP contribution in [0.25, 0.3) is 0 Å². The molecule has 1 aromatic carbocycles. The Kier molecular flexibility index (Phi) is 4.33. The van der Waals surface area contributed by atoms with Gasteiger partial charge in [0.15, 0.2) is 6.10 Å². The summed E-state index contributed by atoms with van der Waals surface area (Å²) in [4.78, 5) is 14.3. The van der Waals surface area contributed by atoms with Crippen molar-refractivity contribution in [3.05, 3.63) is 35.9 Å². The molecule has 4 nitrogen and oxygen atoms in total. The first kappa shape index (κ1) is 13.1. The molecule has 1 aliphatic heterocycles. The predicted octanol–water partition coefficient (Wildman–Crippen LogP) is 1.19. The molecule has 0 saturated carbocycles. The van der Waals surface area contributed by atoms with E-state index in [1.54, 1.807) is 7.11 Å². The van der Waals surface area contributed by atoms with Crippen LogP contribution < -0.4 is 5.32 Å². The molecule has 4 heteroatoms. The number of nitrogens with one attached hydrogen (secondary N) is 1. The molecule has 98 valence electrons. The lowest BCUT2D eigenvalue weighted by atomic mass is 10.1. The molecular formula is C14H20N2O2. The van der Waals surface area contributed by atoms with E-state index in [0.29, 0.717) is 6.04 Å². The monoisotopic (exact) mass is 248 g/mol. The first-order valence-electron chi connectivity index (χ1n) is 6.30. The average molecular weight is 248 g/mol. The second kappa shape index (κ2) is 5.98. The summed E-state index contributed by atoms with van der Waals surface area (Å²) in [6.07, 6.45) is 0.523. The number of nitrogens with zero attached hydrogens (tertiary/aromatic N) is 1. The number of likely N-dealkylation sites (tertiary alicyclic amines) is 1. The van der Waals surface area contributed by atoms with Crippen LogP contribution in [0, 0.1) is 0 Å². The standard InChI is InChI=1S/C14H20N2O2/c1-15-12-8-9-16(10-12)14(17)13(18-2)11-6-4-3-5-7-11/h3-7,12-13,15H,8-10H2,1-2H3. The molecule has 0 radical (unpaired) electrons. The van der Waals surface area contributed by atoms with Gasteiger partial charge in [-0.1, -0.05) is 30.3 Å². The topological polar surface area (TPSA) is 41.6 Å². The third-order valence-corrected chi connectivity index (χ3v) is 3.47. The predicted molar refractivity (Wildman–Crippen MR) is 70.2 cm³/mol. The molecule has 0 spiro atoms. The number of carbonyl (C=O) groups excluding carboxylic acids is 1. The summed E-state index contributed by atoms with van der Waals surface area (Å²) in [6, 6.07) is 10.1. The number of methoxy groups -OCH3 is 1. The fourth-order valence-electron chi connectivity index (χ4n) is 2.37. The minimum absolute atomic E-state index is 0.0569. The van der Waals surface area contributed by atoms with Crippen molar-refractivity contribution in [2.45, 2.75) is 18.6 Å². The lowest BCUT2D eigenvalue weighted by Gasteiger charge is -2.22. The number of ether oxygens (including phenoxy) is 1. The fraction of sp³-hybridized carbons (Fsp3) is 0.500. The molecule has 0 aliphatic carbocycles. The number of hydrogen-bond acceptors (Lipinski definition) is 3. The second-order valence-electron chi connectivity index (χ2n) is 4.58. The number of amides is 1. The Morgan fingerprint density at radius 3 is 2.72 bits per heavy atom. The Bertz CT molecular complexity index is 394. The fourth-order valence-corrected chi connectivity index (χ4v) is 2.37. The molecule has 2 rings (SSSR count). The molecule has 1 saturated heterocycles. The van der Waals surface area contributed by atoms with E-state index in [1.165, 1.54) is 0 Å². The molecule has 0 bridgehead atoms. The van der Waals surface area contributed by atoms with Gasteiger partial charge in [0.25, 0.3) is 5.91 Å². The molecule has 2 atom stereocenters. The summed E-state index contributed by atoms with van der Waals surface area (Å²) in [5.74, 6) is 0.0569. The highest BCUT2D eigenvalue weighted by molar-refractivity contribution is 5.82. The molecule has 2 unspecified atom stereocenters. The van der Waals surface area contributed by atoms with E-state index >= 15 is 0 Å². The molecular weight excluding hydrogens is 228 g/mol. The van der Waals surface area contributed by atoms with Gasteiger partial charge >= 0.3 is 0 Å².